The summed E-state index contributed by atoms with van der Waals surface area (Å²) in [7, 11) is 0. The molecule has 5 heteroatoms. The standard InChI is InChI=1S/C16H21ClN4/c1-11-4-3-5-12(2)16(11)20-14-8-13(17)6-7-15(14)21-10-18-9-19-21/h6-12,16,20H,3-5H2,1-2H3. The Morgan fingerprint density at radius 3 is 2.67 bits per heavy atom. The van der Waals surface area contributed by atoms with Crippen molar-refractivity contribution in [2.75, 3.05) is 5.32 Å². The highest BCUT2D eigenvalue weighted by Crippen LogP contribution is 2.33. The molecule has 0 bridgehead atoms. The van der Waals surface area contributed by atoms with Gasteiger partial charge in [0.15, 0.2) is 0 Å². The number of hydrogen-bond donors (Lipinski definition) is 1. The number of halogens is 1. The summed E-state index contributed by atoms with van der Waals surface area (Å²) in [6.45, 7) is 4.65. The summed E-state index contributed by atoms with van der Waals surface area (Å²) in [5.41, 5.74) is 2.01. The maximum atomic E-state index is 6.18. The Kier molecular flexibility index (Phi) is 4.15. The number of nitrogens with zero attached hydrogens (tertiary/aromatic N) is 3. The monoisotopic (exact) mass is 304 g/mol. The maximum Gasteiger partial charge on any atom is 0.138 e. The van der Waals surface area contributed by atoms with Gasteiger partial charge < -0.3 is 5.32 Å². The zero-order chi connectivity index (χ0) is 14.8. The van der Waals surface area contributed by atoms with Crippen molar-refractivity contribution in [1.29, 1.82) is 0 Å². The van der Waals surface area contributed by atoms with Crippen LogP contribution < -0.4 is 5.32 Å². The second-order valence-corrected chi connectivity index (χ2v) is 6.49. The first-order valence-corrected chi connectivity index (χ1v) is 7.94. The van der Waals surface area contributed by atoms with E-state index in [0.29, 0.717) is 17.9 Å². The lowest BCUT2D eigenvalue weighted by atomic mass is 9.78. The van der Waals surface area contributed by atoms with Crippen LogP contribution in [0.25, 0.3) is 5.69 Å². The van der Waals surface area contributed by atoms with Crippen molar-refractivity contribution in [1.82, 2.24) is 14.8 Å². The van der Waals surface area contributed by atoms with Crippen LogP contribution in [0, 0.1) is 11.8 Å². The second-order valence-electron chi connectivity index (χ2n) is 6.06. The number of rotatable bonds is 3. The molecule has 112 valence electrons. The van der Waals surface area contributed by atoms with Gasteiger partial charge in [0.1, 0.15) is 12.7 Å². The van der Waals surface area contributed by atoms with Crippen molar-refractivity contribution >= 4 is 17.3 Å². The first kappa shape index (κ1) is 14.4. The van der Waals surface area contributed by atoms with E-state index in [2.05, 4.69) is 29.2 Å². The van der Waals surface area contributed by atoms with Crippen LogP contribution in [0.3, 0.4) is 0 Å². The Morgan fingerprint density at radius 2 is 2.00 bits per heavy atom. The van der Waals surface area contributed by atoms with Gasteiger partial charge in [0, 0.05) is 11.1 Å². The van der Waals surface area contributed by atoms with Gasteiger partial charge in [0.25, 0.3) is 0 Å². The summed E-state index contributed by atoms with van der Waals surface area (Å²) in [6.07, 6.45) is 7.14. The smallest absolute Gasteiger partial charge is 0.138 e. The SMILES string of the molecule is CC1CCCC(C)C1Nc1cc(Cl)ccc1-n1cncn1. The Hall–Kier alpha value is -1.55. The molecule has 1 saturated carbocycles. The summed E-state index contributed by atoms with van der Waals surface area (Å²) in [5.74, 6) is 1.33. The van der Waals surface area contributed by atoms with Gasteiger partial charge in [-0.25, -0.2) is 9.67 Å². The molecule has 2 atom stereocenters. The van der Waals surface area contributed by atoms with Crippen molar-refractivity contribution in [3.8, 4) is 5.69 Å². The van der Waals surface area contributed by atoms with Crippen molar-refractivity contribution in [2.24, 2.45) is 11.8 Å². The van der Waals surface area contributed by atoms with Gasteiger partial charge in [-0.2, -0.15) is 5.10 Å². The molecule has 0 aliphatic heterocycles. The molecule has 1 heterocycles. The molecule has 1 aliphatic rings. The lowest BCUT2D eigenvalue weighted by molar-refractivity contribution is 0.268. The quantitative estimate of drug-likeness (QED) is 0.926. The van der Waals surface area contributed by atoms with E-state index < -0.39 is 0 Å². The Bertz CT molecular complexity index is 586. The molecule has 0 spiro atoms. The summed E-state index contributed by atoms with van der Waals surface area (Å²) in [5, 5.41) is 8.67. The third kappa shape index (κ3) is 3.05. The minimum atomic E-state index is 0.472. The van der Waals surface area contributed by atoms with Crippen LogP contribution >= 0.6 is 11.6 Å². The maximum absolute atomic E-state index is 6.18. The molecule has 2 aromatic rings. The molecule has 0 amide bonds. The molecule has 0 radical (unpaired) electrons. The largest absolute Gasteiger partial charge is 0.380 e. The normalized spacial score (nSPS) is 25.8. The first-order valence-electron chi connectivity index (χ1n) is 7.56. The van der Waals surface area contributed by atoms with E-state index in [-0.39, 0.29) is 0 Å². The molecule has 4 nitrogen and oxygen atoms in total. The van der Waals surface area contributed by atoms with Crippen LogP contribution in [0.5, 0.6) is 0 Å². The van der Waals surface area contributed by atoms with Crippen LogP contribution in [-0.2, 0) is 0 Å². The first-order chi connectivity index (χ1) is 10.1. The topological polar surface area (TPSA) is 42.7 Å². The van der Waals surface area contributed by atoms with Gasteiger partial charge >= 0.3 is 0 Å². The highest BCUT2D eigenvalue weighted by atomic mass is 35.5. The molecule has 1 N–H and O–H groups in total. The fourth-order valence-electron chi connectivity index (χ4n) is 3.30. The van der Waals surface area contributed by atoms with Gasteiger partial charge in [-0.1, -0.05) is 31.9 Å². The lowest BCUT2D eigenvalue weighted by Gasteiger charge is -2.36. The minimum Gasteiger partial charge on any atom is -0.380 e. The van der Waals surface area contributed by atoms with Crippen molar-refractivity contribution in [3.05, 3.63) is 35.9 Å². The highest BCUT2D eigenvalue weighted by Gasteiger charge is 2.28. The van der Waals surface area contributed by atoms with Crippen LogP contribution in [0.4, 0.5) is 5.69 Å². The van der Waals surface area contributed by atoms with E-state index in [1.54, 1.807) is 17.3 Å². The van der Waals surface area contributed by atoms with Gasteiger partial charge in [0.2, 0.25) is 0 Å². The Morgan fingerprint density at radius 1 is 1.24 bits per heavy atom. The zero-order valence-corrected chi connectivity index (χ0v) is 13.2. The number of hydrogen-bond acceptors (Lipinski definition) is 3. The molecular weight excluding hydrogens is 284 g/mol. The van der Waals surface area contributed by atoms with Crippen LogP contribution in [0.15, 0.2) is 30.9 Å². The number of aromatic nitrogens is 3. The summed E-state index contributed by atoms with van der Waals surface area (Å²) in [6, 6.07) is 6.32. The summed E-state index contributed by atoms with van der Waals surface area (Å²) >= 11 is 6.18. The zero-order valence-electron chi connectivity index (χ0n) is 12.5. The van der Waals surface area contributed by atoms with Crippen molar-refractivity contribution in [2.45, 2.75) is 39.2 Å². The fourth-order valence-corrected chi connectivity index (χ4v) is 3.47. The number of nitrogens with one attached hydrogen (secondary N) is 1. The molecule has 21 heavy (non-hydrogen) atoms. The predicted molar refractivity (Wildman–Crippen MR) is 86.0 cm³/mol. The highest BCUT2D eigenvalue weighted by molar-refractivity contribution is 6.31. The third-order valence-electron chi connectivity index (χ3n) is 4.49. The van der Waals surface area contributed by atoms with E-state index in [1.165, 1.54) is 19.3 Å². The molecule has 1 aliphatic carbocycles. The van der Waals surface area contributed by atoms with Gasteiger partial charge in [-0.3, -0.25) is 0 Å². The predicted octanol–water partition coefficient (Wildman–Crippen LogP) is 4.16. The summed E-state index contributed by atoms with van der Waals surface area (Å²) in [4.78, 5) is 4.03. The summed E-state index contributed by atoms with van der Waals surface area (Å²) < 4.78 is 1.77. The second kappa shape index (κ2) is 6.06. The molecular formula is C16H21ClN4. The lowest BCUT2D eigenvalue weighted by Crippen LogP contribution is -2.37. The van der Waals surface area contributed by atoms with Crippen molar-refractivity contribution < 1.29 is 0 Å². The van der Waals surface area contributed by atoms with E-state index in [0.717, 1.165) is 16.4 Å². The minimum absolute atomic E-state index is 0.472. The number of benzene rings is 1. The van der Waals surface area contributed by atoms with Crippen molar-refractivity contribution in [3.63, 3.8) is 0 Å². The van der Waals surface area contributed by atoms with Gasteiger partial charge in [-0.15, -0.1) is 0 Å². The van der Waals surface area contributed by atoms with Crippen LogP contribution in [0.1, 0.15) is 33.1 Å². The van der Waals surface area contributed by atoms with Crippen LogP contribution in [0.2, 0.25) is 5.02 Å². The number of anilines is 1. The molecule has 0 saturated heterocycles. The van der Waals surface area contributed by atoms with E-state index in [9.17, 15) is 0 Å². The average Bonchev–Trinajstić information content (AvgIpc) is 2.97. The Balaban J connectivity index is 1.92. The van der Waals surface area contributed by atoms with Gasteiger partial charge in [-0.05, 0) is 42.9 Å². The third-order valence-corrected chi connectivity index (χ3v) is 4.73. The van der Waals surface area contributed by atoms with E-state index in [1.807, 2.05) is 18.2 Å². The molecule has 1 aromatic carbocycles. The van der Waals surface area contributed by atoms with Gasteiger partial charge in [0.05, 0.1) is 11.4 Å². The van der Waals surface area contributed by atoms with Crippen LogP contribution in [-0.4, -0.2) is 20.8 Å². The fraction of sp³-hybridized carbons (Fsp3) is 0.500. The molecule has 1 fully saturated rings. The Labute approximate surface area is 130 Å². The average molecular weight is 305 g/mol. The molecule has 1 aromatic heterocycles. The van der Waals surface area contributed by atoms with E-state index in [4.69, 9.17) is 11.6 Å². The molecule has 3 rings (SSSR count). The molecule has 2 unspecified atom stereocenters. The van der Waals surface area contributed by atoms with E-state index >= 15 is 0 Å².